The molecule has 0 amide bonds. The van der Waals surface area contributed by atoms with E-state index in [0.717, 1.165) is 19.5 Å². The van der Waals surface area contributed by atoms with Gasteiger partial charge in [0.15, 0.2) is 5.69 Å². The van der Waals surface area contributed by atoms with Crippen molar-refractivity contribution in [2.75, 3.05) is 44.3 Å². The molecule has 0 bridgehead atoms. The summed E-state index contributed by atoms with van der Waals surface area (Å²) in [6.45, 7) is 6.21. The number of rotatable bonds is 6. The highest BCUT2D eigenvalue weighted by Crippen LogP contribution is 2.29. The van der Waals surface area contributed by atoms with Gasteiger partial charge >= 0.3 is 11.9 Å². The summed E-state index contributed by atoms with van der Waals surface area (Å²) < 4.78 is 5.44. The molecule has 2 aliphatic rings. The molecule has 0 aromatic carbocycles. The number of piperidine rings is 1. The van der Waals surface area contributed by atoms with Crippen LogP contribution >= 0.6 is 0 Å². The van der Waals surface area contributed by atoms with E-state index in [9.17, 15) is 14.7 Å². The second-order valence-corrected chi connectivity index (χ2v) is 7.14. The Morgan fingerprint density at radius 3 is 2.63 bits per heavy atom. The quantitative estimate of drug-likeness (QED) is 0.744. The van der Waals surface area contributed by atoms with Gasteiger partial charge in [-0.05, 0) is 31.7 Å². The van der Waals surface area contributed by atoms with Crippen LogP contribution < -0.4 is 4.90 Å². The van der Waals surface area contributed by atoms with Crippen molar-refractivity contribution in [3.63, 3.8) is 0 Å². The molecular formula is C18H26N4O5. The van der Waals surface area contributed by atoms with E-state index in [-0.39, 0.29) is 18.0 Å². The van der Waals surface area contributed by atoms with E-state index in [0.29, 0.717) is 50.4 Å². The number of carboxylic acids is 2. The van der Waals surface area contributed by atoms with E-state index in [4.69, 9.17) is 9.84 Å². The SMILES string of the molecule is Cc1cc(C(=O)O)nc(N2CCC(N3CCOCC3)C(CCC(=O)O)C2)n1. The highest BCUT2D eigenvalue weighted by Gasteiger charge is 2.35. The molecule has 2 aliphatic heterocycles. The summed E-state index contributed by atoms with van der Waals surface area (Å²) in [5, 5.41) is 18.4. The van der Waals surface area contributed by atoms with Crippen LogP contribution in [-0.4, -0.2) is 82.5 Å². The number of aliphatic carboxylic acids is 1. The zero-order valence-corrected chi connectivity index (χ0v) is 15.5. The Labute approximate surface area is 158 Å². The molecule has 1 aromatic heterocycles. The molecule has 2 N–H and O–H groups in total. The van der Waals surface area contributed by atoms with E-state index >= 15 is 0 Å². The highest BCUT2D eigenvalue weighted by atomic mass is 16.5. The number of nitrogens with zero attached hydrogens (tertiary/aromatic N) is 4. The summed E-state index contributed by atoms with van der Waals surface area (Å²) in [6.07, 6.45) is 1.56. The molecule has 0 radical (unpaired) electrons. The fraction of sp³-hybridized carbons (Fsp3) is 0.667. The van der Waals surface area contributed by atoms with E-state index < -0.39 is 11.9 Å². The largest absolute Gasteiger partial charge is 0.481 e. The van der Waals surface area contributed by atoms with Gasteiger partial charge in [0.05, 0.1) is 13.2 Å². The van der Waals surface area contributed by atoms with Gasteiger partial charge in [0.1, 0.15) is 0 Å². The third-order valence-corrected chi connectivity index (χ3v) is 5.28. The summed E-state index contributed by atoms with van der Waals surface area (Å²) in [5.74, 6) is -1.31. The predicted molar refractivity (Wildman–Crippen MR) is 97.1 cm³/mol. The van der Waals surface area contributed by atoms with Gasteiger partial charge < -0.3 is 19.8 Å². The van der Waals surface area contributed by atoms with E-state index in [2.05, 4.69) is 14.9 Å². The number of aromatic nitrogens is 2. The molecule has 2 unspecified atom stereocenters. The van der Waals surface area contributed by atoms with Crippen LogP contribution in [0.3, 0.4) is 0 Å². The fourth-order valence-corrected chi connectivity index (χ4v) is 3.99. The molecule has 148 valence electrons. The first-order valence-electron chi connectivity index (χ1n) is 9.31. The normalized spacial score (nSPS) is 24.0. The minimum absolute atomic E-state index is 0.0186. The van der Waals surface area contributed by atoms with Crippen molar-refractivity contribution in [1.29, 1.82) is 0 Å². The van der Waals surface area contributed by atoms with Crippen molar-refractivity contribution in [2.45, 2.75) is 32.2 Å². The third kappa shape index (κ3) is 4.92. The van der Waals surface area contributed by atoms with Crippen LogP contribution in [0.2, 0.25) is 0 Å². The monoisotopic (exact) mass is 378 g/mol. The second kappa shape index (κ2) is 8.62. The van der Waals surface area contributed by atoms with Crippen LogP contribution in [0.15, 0.2) is 6.07 Å². The van der Waals surface area contributed by atoms with Crippen LogP contribution in [0.1, 0.15) is 35.4 Å². The first-order chi connectivity index (χ1) is 12.9. The van der Waals surface area contributed by atoms with E-state index in [1.54, 1.807) is 6.92 Å². The molecular weight excluding hydrogens is 352 g/mol. The Morgan fingerprint density at radius 2 is 1.96 bits per heavy atom. The van der Waals surface area contributed by atoms with Gasteiger partial charge in [-0.3, -0.25) is 9.69 Å². The van der Waals surface area contributed by atoms with Crippen LogP contribution in [-0.2, 0) is 9.53 Å². The Kier molecular flexibility index (Phi) is 6.22. The van der Waals surface area contributed by atoms with Gasteiger partial charge in [-0.15, -0.1) is 0 Å². The zero-order chi connectivity index (χ0) is 19.4. The summed E-state index contributed by atoms with van der Waals surface area (Å²) in [7, 11) is 0. The molecule has 1 aromatic rings. The number of hydrogen-bond acceptors (Lipinski definition) is 7. The Morgan fingerprint density at radius 1 is 1.22 bits per heavy atom. The lowest BCUT2D eigenvalue weighted by molar-refractivity contribution is -0.137. The average molecular weight is 378 g/mol. The molecule has 0 aliphatic carbocycles. The number of hydrogen-bond donors (Lipinski definition) is 2. The van der Waals surface area contributed by atoms with Crippen LogP contribution in [0.5, 0.6) is 0 Å². The van der Waals surface area contributed by atoms with Crippen molar-refractivity contribution in [2.24, 2.45) is 5.92 Å². The lowest BCUT2D eigenvalue weighted by atomic mass is 9.87. The standard InChI is InChI=1S/C18H26N4O5/c1-12-10-14(17(25)26)20-18(19-12)22-5-4-15(21-6-8-27-9-7-21)13(11-22)2-3-16(23)24/h10,13,15H,2-9,11H2,1H3,(H,23,24)(H,25,26). The summed E-state index contributed by atoms with van der Waals surface area (Å²) in [5.41, 5.74) is 0.588. The van der Waals surface area contributed by atoms with Crippen LogP contribution in [0, 0.1) is 12.8 Å². The van der Waals surface area contributed by atoms with Gasteiger partial charge in [-0.2, -0.15) is 0 Å². The number of carboxylic acid groups (broad SMARTS) is 2. The zero-order valence-electron chi connectivity index (χ0n) is 15.5. The lowest BCUT2D eigenvalue weighted by Crippen LogP contribution is -2.54. The van der Waals surface area contributed by atoms with Crippen molar-refractivity contribution in [3.05, 3.63) is 17.5 Å². The number of carbonyl (C=O) groups is 2. The molecule has 2 atom stereocenters. The molecule has 0 saturated carbocycles. The van der Waals surface area contributed by atoms with Gasteiger partial charge in [0, 0.05) is 44.3 Å². The van der Waals surface area contributed by atoms with Crippen molar-refractivity contribution in [3.8, 4) is 0 Å². The Balaban J connectivity index is 1.77. The fourth-order valence-electron chi connectivity index (χ4n) is 3.99. The molecule has 9 nitrogen and oxygen atoms in total. The summed E-state index contributed by atoms with van der Waals surface area (Å²) >= 11 is 0. The first kappa shape index (κ1) is 19.5. The minimum atomic E-state index is -1.08. The van der Waals surface area contributed by atoms with Gasteiger partial charge in [-0.1, -0.05) is 0 Å². The predicted octanol–water partition coefficient (Wildman–Crippen LogP) is 0.875. The average Bonchev–Trinajstić information content (AvgIpc) is 2.66. The van der Waals surface area contributed by atoms with Crippen LogP contribution in [0.4, 0.5) is 5.95 Å². The van der Waals surface area contributed by atoms with Crippen LogP contribution in [0.25, 0.3) is 0 Å². The number of anilines is 1. The first-order valence-corrected chi connectivity index (χ1v) is 9.31. The maximum Gasteiger partial charge on any atom is 0.354 e. The molecule has 3 heterocycles. The topological polar surface area (TPSA) is 116 Å². The number of aromatic carboxylic acids is 1. The van der Waals surface area contributed by atoms with E-state index in [1.807, 2.05) is 4.90 Å². The lowest BCUT2D eigenvalue weighted by Gasteiger charge is -2.45. The van der Waals surface area contributed by atoms with Crippen molar-refractivity contribution >= 4 is 17.9 Å². The highest BCUT2D eigenvalue weighted by molar-refractivity contribution is 5.85. The molecule has 2 saturated heterocycles. The maximum atomic E-state index is 11.3. The maximum absolute atomic E-state index is 11.3. The molecule has 2 fully saturated rings. The van der Waals surface area contributed by atoms with Gasteiger partial charge in [-0.25, -0.2) is 14.8 Å². The van der Waals surface area contributed by atoms with Crippen molar-refractivity contribution < 1.29 is 24.5 Å². The number of aryl methyl sites for hydroxylation is 1. The minimum Gasteiger partial charge on any atom is -0.481 e. The number of morpholine rings is 1. The number of ether oxygens (including phenoxy) is 1. The Hall–Kier alpha value is -2.26. The molecule has 9 heteroatoms. The van der Waals surface area contributed by atoms with Crippen molar-refractivity contribution in [1.82, 2.24) is 14.9 Å². The van der Waals surface area contributed by atoms with E-state index in [1.165, 1.54) is 6.07 Å². The molecule has 3 rings (SSSR count). The van der Waals surface area contributed by atoms with Gasteiger partial charge in [0.2, 0.25) is 5.95 Å². The van der Waals surface area contributed by atoms with Gasteiger partial charge in [0.25, 0.3) is 0 Å². The second-order valence-electron chi connectivity index (χ2n) is 7.14. The Bertz CT molecular complexity index is 692. The smallest absolute Gasteiger partial charge is 0.354 e. The summed E-state index contributed by atoms with van der Waals surface area (Å²) in [6, 6.07) is 1.75. The molecule has 0 spiro atoms. The summed E-state index contributed by atoms with van der Waals surface area (Å²) in [4.78, 5) is 35.4. The third-order valence-electron chi connectivity index (χ3n) is 5.28. The molecule has 27 heavy (non-hydrogen) atoms.